The molecule has 0 fully saturated rings. The van der Waals surface area contributed by atoms with Crippen molar-refractivity contribution in [2.45, 2.75) is 31.8 Å². The Morgan fingerprint density at radius 2 is 1.93 bits per heavy atom. The third kappa shape index (κ3) is 3.72. The minimum atomic E-state index is -1.13. The number of carbonyl (C=O) groups is 1. The average molecular weight is 208 g/mol. The lowest BCUT2D eigenvalue weighted by molar-refractivity contribution is -0.142. The Morgan fingerprint density at radius 1 is 1.33 bits per heavy atom. The van der Waals surface area contributed by atoms with E-state index in [9.17, 15) is 9.90 Å². The molecule has 1 rings (SSSR count). The van der Waals surface area contributed by atoms with Gasteiger partial charge in [0.1, 0.15) is 0 Å². The Labute approximate surface area is 89.4 Å². The second-order valence-corrected chi connectivity index (χ2v) is 3.81. The first-order chi connectivity index (χ1) is 7.06. The fourth-order valence-electron chi connectivity index (χ4n) is 1.57. The Hall–Kier alpha value is -1.35. The van der Waals surface area contributed by atoms with Gasteiger partial charge < -0.3 is 10.2 Å². The predicted octanol–water partition coefficient (Wildman–Crippen LogP) is 1.84. The molecule has 1 atom stereocenters. The van der Waals surface area contributed by atoms with Gasteiger partial charge in [0, 0.05) is 6.42 Å². The molecule has 0 aliphatic rings. The molecule has 82 valence electrons. The Morgan fingerprint density at radius 3 is 2.40 bits per heavy atom. The molecular formula is C12H16O3. The van der Waals surface area contributed by atoms with E-state index in [1.165, 1.54) is 0 Å². The van der Waals surface area contributed by atoms with Gasteiger partial charge in [-0.25, -0.2) is 0 Å². The van der Waals surface area contributed by atoms with Gasteiger partial charge in [0.15, 0.2) is 0 Å². The summed E-state index contributed by atoms with van der Waals surface area (Å²) >= 11 is 0. The van der Waals surface area contributed by atoms with Gasteiger partial charge in [-0.1, -0.05) is 37.3 Å². The summed E-state index contributed by atoms with van der Waals surface area (Å²) in [5, 5.41) is 18.8. The van der Waals surface area contributed by atoms with Crippen LogP contribution in [0.25, 0.3) is 0 Å². The molecule has 0 heterocycles. The summed E-state index contributed by atoms with van der Waals surface area (Å²) in [5.74, 6) is -0.963. The summed E-state index contributed by atoms with van der Waals surface area (Å²) in [7, 11) is 0. The second-order valence-electron chi connectivity index (χ2n) is 3.81. The monoisotopic (exact) mass is 208 g/mol. The fourth-order valence-corrected chi connectivity index (χ4v) is 1.57. The number of hydrogen-bond donors (Lipinski definition) is 2. The van der Waals surface area contributed by atoms with Gasteiger partial charge in [0.2, 0.25) is 0 Å². The Balaban J connectivity index is 2.72. The third-order valence-electron chi connectivity index (χ3n) is 2.51. The molecule has 0 amide bonds. The molecule has 1 unspecified atom stereocenters. The summed E-state index contributed by atoms with van der Waals surface area (Å²) in [6.07, 6.45) is 0.614. The van der Waals surface area contributed by atoms with E-state index in [-0.39, 0.29) is 6.42 Å². The lowest BCUT2D eigenvalue weighted by Crippen LogP contribution is -2.33. The van der Waals surface area contributed by atoms with E-state index in [0.717, 1.165) is 5.56 Å². The van der Waals surface area contributed by atoms with E-state index in [4.69, 9.17) is 5.11 Å². The zero-order valence-corrected chi connectivity index (χ0v) is 8.81. The van der Waals surface area contributed by atoms with Crippen molar-refractivity contribution in [3.05, 3.63) is 35.9 Å². The van der Waals surface area contributed by atoms with Gasteiger partial charge in [0.25, 0.3) is 0 Å². The molecule has 3 heteroatoms. The number of benzene rings is 1. The molecule has 0 radical (unpaired) electrons. The Bertz CT molecular complexity index is 321. The Kier molecular flexibility index (Phi) is 3.86. The number of carboxylic acids is 1. The molecule has 2 N–H and O–H groups in total. The molecule has 1 aromatic rings. The highest BCUT2D eigenvalue weighted by Crippen LogP contribution is 2.21. The minimum absolute atomic E-state index is 0.210. The van der Waals surface area contributed by atoms with E-state index < -0.39 is 11.6 Å². The fraction of sp³-hybridized carbons (Fsp3) is 0.417. The maximum Gasteiger partial charge on any atom is 0.306 e. The molecule has 0 saturated heterocycles. The topological polar surface area (TPSA) is 57.5 Å². The molecule has 0 spiro atoms. The molecule has 1 aromatic carbocycles. The van der Waals surface area contributed by atoms with Crippen molar-refractivity contribution in [2.75, 3.05) is 0 Å². The molecule has 3 nitrogen and oxygen atoms in total. The number of aliphatic hydroxyl groups is 1. The van der Waals surface area contributed by atoms with Crippen molar-refractivity contribution in [1.82, 2.24) is 0 Å². The third-order valence-corrected chi connectivity index (χ3v) is 2.51. The first-order valence-corrected chi connectivity index (χ1v) is 5.04. The van der Waals surface area contributed by atoms with E-state index >= 15 is 0 Å². The van der Waals surface area contributed by atoms with Crippen LogP contribution < -0.4 is 0 Å². The van der Waals surface area contributed by atoms with Gasteiger partial charge in [-0.2, -0.15) is 0 Å². The predicted molar refractivity (Wildman–Crippen MR) is 57.6 cm³/mol. The first kappa shape index (κ1) is 11.7. The number of rotatable bonds is 5. The van der Waals surface area contributed by atoms with Crippen molar-refractivity contribution in [2.24, 2.45) is 0 Å². The maximum absolute atomic E-state index is 10.6. The van der Waals surface area contributed by atoms with E-state index in [0.29, 0.717) is 12.8 Å². The van der Waals surface area contributed by atoms with Crippen molar-refractivity contribution in [1.29, 1.82) is 0 Å². The van der Waals surface area contributed by atoms with E-state index in [1.807, 2.05) is 30.3 Å². The van der Waals surface area contributed by atoms with Gasteiger partial charge in [-0.05, 0) is 12.0 Å². The van der Waals surface area contributed by atoms with Crippen molar-refractivity contribution in [3.8, 4) is 0 Å². The van der Waals surface area contributed by atoms with Gasteiger partial charge in [0.05, 0.1) is 12.0 Å². The highest BCUT2D eigenvalue weighted by Gasteiger charge is 2.28. The van der Waals surface area contributed by atoms with Crippen molar-refractivity contribution >= 4 is 5.97 Å². The van der Waals surface area contributed by atoms with E-state index in [2.05, 4.69) is 0 Å². The van der Waals surface area contributed by atoms with Crippen LogP contribution in [0.3, 0.4) is 0 Å². The van der Waals surface area contributed by atoms with Crippen LogP contribution in [0.1, 0.15) is 25.3 Å². The van der Waals surface area contributed by atoms with E-state index in [1.54, 1.807) is 6.92 Å². The summed E-state index contributed by atoms with van der Waals surface area (Å²) in [5.41, 5.74) is -0.171. The van der Waals surface area contributed by atoms with Gasteiger partial charge in [-0.3, -0.25) is 4.79 Å². The lowest BCUT2D eigenvalue weighted by atomic mass is 9.89. The molecule has 0 aromatic heterocycles. The summed E-state index contributed by atoms with van der Waals surface area (Å²) in [6.45, 7) is 1.80. The van der Waals surface area contributed by atoms with Crippen LogP contribution in [0.4, 0.5) is 0 Å². The largest absolute Gasteiger partial charge is 0.481 e. The van der Waals surface area contributed by atoms with Gasteiger partial charge >= 0.3 is 5.97 Å². The molecule has 0 aliphatic carbocycles. The smallest absolute Gasteiger partial charge is 0.306 e. The average Bonchev–Trinajstić information content (AvgIpc) is 2.18. The summed E-state index contributed by atoms with van der Waals surface area (Å²) in [6, 6.07) is 9.44. The van der Waals surface area contributed by atoms with Gasteiger partial charge in [-0.15, -0.1) is 0 Å². The second kappa shape index (κ2) is 4.94. The van der Waals surface area contributed by atoms with Crippen LogP contribution in [0.15, 0.2) is 30.3 Å². The number of aliphatic carboxylic acids is 1. The first-order valence-electron chi connectivity index (χ1n) is 5.04. The normalized spacial score (nSPS) is 14.5. The molecule has 0 aliphatic heterocycles. The zero-order chi connectivity index (χ0) is 11.3. The number of hydrogen-bond acceptors (Lipinski definition) is 2. The standard InChI is InChI=1S/C12H16O3/c1-2-12(15,9-11(13)14)8-10-6-4-3-5-7-10/h3-7,15H,2,8-9H2,1H3,(H,13,14). The molecular weight excluding hydrogens is 192 g/mol. The van der Waals surface area contributed by atoms with Crippen LogP contribution in [-0.4, -0.2) is 21.8 Å². The van der Waals surface area contributed by atoms with Crippen LogP contribution >= 0.6 is 0 Å². The van der Waals surface area contributed by atoms with Crippen LogP contribution in [0.5, 0.6) is 0 Å². The quantitative estimate of drug-likeness (QED) is 0.776. The molecule has 15 heavy (non-hydrogen) atoms. The van der Waals surface area contributed by atoms with Crippen molar-refractivity contribution < 1.29 is 15.0 Å². The maximum atomic E-state index is 10.6. The SMILES string of the molecule is CCC(O)(CC(=O)O)Cc1ccccc1. The van der Waals surface area contributed by atoms with Crippen molar-refractivity contribution in [3.63, 3.8) is 0 Å². The molecule has 0 bridgehead atoms. The highest BCUT2D eigenvalue weighted by atomic mass is 16.4. The zero-order valence-electron chi connectivity index (χ0n) is 8.81. The number of carboxylic acid groups (broad SMARTS) is 1. The van der Waals surface area contributed by atoms with Crippen LogP contribution in [-0.2, 0) is 11.2 Å². The van der Waals surface area contributed by atoms with Crippen LogP contribution in [0.2, 0.25) is 0 Å². The van der Waals surface area contributed by atoms with Crippen LogP contribution in [0, 0.1) is 0 Å². The highest BCUT2D eigenvalue weighted by molar-refractivity contribution is 5.68. The summed E-state index contributed by atoms with van der Waals surface area (Å²) < 4.78 is 0. The lowest BCUT2D eigenvalue weighted by Gasteiger charge is -2.24. The molecule has 0 saturated carbocycles. The minimum Gasteiger partial charge on any atom is -0.481 e. The summed E-state index contributed by atoms with van der Waals surface area (Å²) in [4.78, 5) is 10.6.